The fourth-order valence-electron chi connectivity index (χ4n) is 3.99. The van der Waals surface area contributed by atoms with Crippen molar-refractivity contribution in [2.24, 2.45) is 0 Å². The van der Waals surface area contributed by atoms with Crippen LogP contribution in [0.1, 0.15) is 44.9 Å². The quantitative estimate of drug-likeness (QED) is 0.639. The van der Waals surface area contributed by atoms with Crippen LogP contribution in [0.25, 0.3) is 0 Å². The lowest BCUT2D eigenvalue weighted by atomic mass is 9.75. The van der Waals surface area contributed by atoms with Crippen molar-refractivity contribution in [3.63, 3.8) is 0 Å². The summed E-state index contributed by atoms with van der Waals surface area (Å²) in [5.41, 5.74) is -0.363. The first-order valence-electron chi connectivity index (χ1n) is 8.43. The molecule has 1 aromatic carbocycles. The Morgan fingerprint density at radius 3 is 2.62 bits per heavy atom. The smallest absolute Gasteiger partial charge is 0.289 e. The number of nitrogens with zero attached hydrogens (tertiary/aromatic N) is 1. The zero-order valence-electron chi connectivity index (χ0n) is 13.5. The van der Waals surface area contributed by atoms with Gasteiger partial charge in [-0.2, -0.15) is 0 Å². The molecule has 24 heavy (non-hydrogen) atoms. The van der Waals surface area contributed by atoms with Gasteiger partial charge in [0.15, 0.2) is 4.90 Å². The average molecular weight is 353 g/mol. The van der Waals surface area contributed by atoms with E-state index in [4.69, 9.17) is 0 Å². The van der Waals surface area contributed by atoms with E-state index in [0.717, 1.165) is 38.6 Å². The summed E-state index contributed by atoms with van der Waals surface area (Å²) in [7, 11) is -3.91. The van der Waals surface area contributed by atoms with Crippen LogP contribution < -0.4 is 10.0 Å². The molecule has 0 amide bonds. The van der Waals surface area contributed by atoms with Crippen LogP contribution in [0.2, 0.25) is 0 Å². The van der Waals surface area contributed by atoms with Crippen LogP contribution in [0.4, 0.5) is 5.69 Å². The largest absolute Gasteiger partial charge is 0.311 e. The molecule has 7 nitrogen and oxygen atoms in total. The normalized spacial score (nSPS) is 23.9. The highest BCUT2D eigenvalue weighted by molar-refractivity contribution is 7.89. The third-order valence-electron chi connectivity index (χ3n) is 5.11. The maximum absolute atomic E-state index is 12.7. The lowest BCUT2D eigenvalue weighted by Crippen LogP contribution is -2.57. The Morgan fingerprint density at radius 2 is 1.92 bits per heavy atom. The molecule has 132 valence electrons. The average Bonchev–Trinajstić information content (AvgIpc) is 2.55. The number of hydrogen-bond donors (Lipinski definition) is 2. The Balaban J connectivity index is 1.78. The van der Waals surface area contributed by atoms with E-state index in [1.54, 1.807) is 0 Å². The van der Waals surface area contributed by atoms with E-state index in [9.17, 15) is 18.5 Å². The number of nitro groups is 1. The molecule has 1 atom stereocenters. The zero-order valence-corrected chi connectivity index (χ0v) is 14.3. The fourth-order valence-corrected chi connectivity index (χ4v) is 5.43. The summed E-state index contributed by atoms with van der Waals surface area (Å²) in [6.07, 6.45) is 7.13. The van der Waals surface area contributed by atoms with Crippen molar-refractivity contribution < 1.29 is 13.3 Å². The van der Waals surface area contributed by atoms with Crippen molar-refractivity contribution in [3.05, 3.63) is 34.4 Å². The van der Waals surface area contributed by atoms with Gasteiger partial charge in [0.05, 0.1) is 4.92 Å². The van der Waals surface area contributed by atoms with Gasteiger partial charge in [0, 0.05) is 17.6 Å². The molecule has 2 fully saturated rings. The van der Waals surface area contributed by atoms with Crippen molar-refractivity contribution in [2.75, 3.05) is 6.54 Å². The molecule has 0 aromatic heterocycles. The van der Waals surface area contributed by atoms with Gasteiger partial charge in [-0.3, -0.25) is 10.1 Å². The van der Waals surface area contributed by atoms with E-state index in [-0.39, 0.29) is 22.2 Å². The molecule has 1 aliphatic heterocycles. The first-order chi connectivity index (χ1) is 11.4. The van der Waals surface area contributed by atoms with Gasteiger partial charge in [0.25, 0.3) is 5.69 Å². The van der Waals surface area contributed by atoms with Gasteiger partial charge in [-0.25, -0.2) is 13.1 Å². The van der Waals surface area contributed by atoms with E-state index >= 15 is 0 Å². The monoisotopic (exact) mass is 353 g/mol. The Hall–Kier alpha value is -1.51. The molecule has 0 bridgehead atoms. The van der Waals surface area contributed by atoms with Crippen molar-refractivity contribution >= 4 is 15.7 Å². The summed E-state index contributed by atoms with van der Waals surface area (Å²) in [6, 6.07) is 5.30. The second-order valence-electron chi connectivity index (χ2n) is 6.80. The van der Waals surface area contributed by atoms with Gasteiger partial charge in [-0.05, 0) is 38.3 Å². The van der Waals surface area contributed by atoms with Gasteiger partial charge >= 0.3 is 0 Å². The minimum atomic E-state index is -3.91. The molecule has 1 unspecified atom stereocenters. The van der Waals surface area contributed by atoms with Crippen molar-refractivity contribution in [1.82, 2.24) is 10.0 Å². The standard InChI is InChI=1S/C16H23N3O4S/c20-19(21)14-6-2-3-7-15(14)24(22,23)18-13-8-11-17-16(12-13)9-4-1-5-10-16/h2-3,6-7,13,17-18H,1,4-5,8-12H2. The topological polar surface area (TPSA) is 101 Å². The van der Waals surface area contributed by atoms with Crippen LogP contribution >= 0.6 is 0 Å². The number of nitro benzene ring substituents is 1. The summed E-state index contributed by atoms with van der Waals surface area (Å²) in [4.78, 5) is 10.2. The van der Waals surface area contributed by atoms with Gasteiger partial charge in [-0.1, -0.05) is 31.4 Å². The second kappa shape index (κ2) is 6.78. The molecule has 1 heterocycles. The van der Waals surface area contributed by atoms with Crippen molar-refractivity contribution in [2.45, 2.75) is 61.4 Å². The first-order valence-corrected chi connectivity index (χ1v) is 9.91. The van der Waals surface area contributed by atoms with Crippen LogP contribution in [0.3, 0.4) is 0 Å². The van der Waals surface area contributed by atoms with Gasteiger partial charge in [0.2, 0.25) is 10.0 Å². The summed E-state index contributed by atoms with van der Waals surface area (Å²) < 4.78 is 28.0. The van der Waals surface area contributed by atoms with Crippen LogP contribution in [0, 0.1) is 10.1 Å². The van der Waals surface area contributed by atoms with Crippen LogP contribution in [-0.4, -0.2) is 31.5 Å². The minimum Gasteiger partial charge on any atom is -0.311 e. The number of sulfonamides is 1. The molecule has 1 saturated carbocycles. The maximum Gasteiger partial charge on any atom is 0.289 e. The molecule has 2 aliphatic rings. The van der Waals surface area contributed by atoms with Crippen molar-refractivity contribution in [3.8, 4) is 0 Å². The number of nitrogens with one attached hydrogen (secondary N) is 2. The molecule has 1 spiro atoms. The number of para-hydroxylation sites is 1. The molecule has 0 radical (unpaired) electrons. The predicted molar refractivity (Wildman–Crippen MR) is 90.3 cm³/mol. The summed E-state index contributed by atoms with van der Waals surface area (Å²) in [5, 5.41) is 14.7. The van der Waals surface area contributed by atoms with Crippen molar-refractivity contribution in [1.29, 1.82) is 0 Å². The third-order valence-corrected chi connectivity index (χ3v) is 6.68. The number of rotatable bonds is 4. The van der Waals surface area contributed by atoms with Gasteiger partial charge < -0.3 is 5.32 Å². The number of hydrogen-bond acceptors (Lipinski definition) is 5. The molecule has 3 rings (SSSR count). The summed E-state index contributed by atoms with van der Waals surface area (Å²) in [6.45, 7) is 0.768. The van der Waals surface area contributed by atoms with E-state index in [1.807, 2.05) is 0 Å². The highest BCUT2D eigenvalue weighted by Crippen LogP contribution is 2.35. The Kier molecular flexibility index (Phi) is 4.89. The predicted octanol–water partition coefficient (Wildman–Crippen LogP) is 2.33. The van der Waals surface area contributed by atoms with Gasteiger partial charge in [0.1, 0.15) is 0 Å². The Labute approximate surface area is 142 Å². The number of benzene rings is 1. The first kappa shape index (κ1) is 17.3. The molecular weight excluding hydrogens is 330 g/mol. The minimum absolute atomic E-state index is 0.0201. The van der Waals surface area contributed by atoms with E-state index < -0.39 is 14.9 Å². The zero-order chi connectivity index (χ0) is 17.2. The fraction of sp³-hybridized carbons (Fsp3) is 0.625. The highest BCUT2D eigenvalue weighted by atomic mass is 32.2. The van der Waals surface area contributed by atoms with E-state index in [0.29, 0.717) is 6.42 Å². The molecule has 1 saturated heterocycles. The maximum atomic E-state index is 12.7. The van der Waals surface area contributed by atoms with Crippen LogP contribution in [0.5, 0.6) is 0 Å². The molecule has 8 heteroatoms. The molecule has 1 aromatic rings. The molecule has 2 N–H and O–H groups in total. The summed E-state index contributed by atoms with van der Waals surface area (Å²) in [5.74, 6) is 0. The lowest BCUT2D eigenvalue weighted by Gasteiger charge is -2.44. The van der Waals surface area contributed by atoms with Crippen LogP contribution in [0.15, 0.2) is 29.2 Å². The van der Waals surface area contributed by atoms with Crippen LogP contribution in [-0.2, 0) is 10.0 Å². The third kappa shape index (κ3) is 3.60. The highest BCUT2D eigenvalue weighted by Gasteiger charge is 2.39. The van der Waals surface area contributed by atoms with E-state index in [1.165, 1.54) is 30.7 Å². The Morgan fingerprint density at radius 1 is 1.21 bits per heavy atom. The van der Waals surface area contributed by atoms with Gasteiger partial charge in [-0.15, -0.1) is 0 Å². The van der Waals surface area contributed by atoms with E-state index in [2.05, 4.69) is 10.0 Å². The Bertz CT molecular complexity index is 708. The second-order valence-corrected chi connectivity index (χ2v) is 8.49. The summed E-state index contributed by atoms with van der Waals surface area (Å²) >= 11 is 0. The molecular formula is C16H23N3O4S. The molecule has 1 aliphatic carbocycles. The number of piperidine rings is 1. The lowest BCUT2D eigenvalue weighted by molar-refractivity contribution is -0.387. The SMILES string of the molecule is O=[N+]([O-])c1ccccc1S(=O)(=O)NC1CCNC2(CCCCC2)C1.